The van der Waals surface area contributed by atoms with Crippen molar-refractivity contribution in [2.24, 2.45) is 0 Å². The Morgan fingerprint density at radius 1 is 1.28 bits per heavy atom. The second-order valence-corrected chi connectivity index (χ2v) is 3.26. The van der Waals surface area contributed by atoms with Crippen LogP contribution in [0.4, 0.5) is 4.39 Å². The third-order valence-electron chi connectivity index (χ3n) is 2.05. The molecule has 0 aliphatic heterocycles. The first kappa shape index (κ1) is 12.0. The van der Waals surface area contributed by atoms with Gasteiger partial charge in [-0.3, -0.25) is 0 Å². The summed E-state index contributed by atoms with van der Waals surface area (Å²) in [6.07, 6.45) is 2.70. The van der Waals surface area contributed by atoms with E-state index in [9.17, 15) is 9.18 Å². The largest absolute Gasteiger partial charge is 0.464 e. The lowest BCUT2D eigenvalue weighted by molar-refractivity contribution is 0.0590. The molecule has 1 aromatic heterocycles. The van der Waals surface area contributed by atoms with E-state index >= 15 is 0 Å². The summed E-state index contributed by atoms with van der Waals surface area (Å²) in [5, 5.41) is 0. The lowest BCUT2D eigenvalue weighted by Gasteiger charge is -2.07. The quantitative estimate of drug-likeness (QED) is 0.779. The molecule has 2 aromatic rings. The van der Waals surface area contributed by atoms with E-state index in [-0.39, 0.29) is 17.3 Å². The van der Waals surface area contributed by atoms with Crippen molar-refractivity contribution in [3.8, 4) is 11.6 Å². The molecule has 5 nitrogen and oxygen atoms in total. The molecule has 0 spiro atoms. The summed E-state index contributed by atoms with van der Waals surface area (Å²) in [4.78, 5) is 19.1. The van der Waals surface area contributed by atoms with E-state index < -0.39 is 11.8 Å². The van der Waals surface area contributed by atoms with Gasteiger partial charge in [0.15, 0.2) is 0 Å². The molecule has 0 amide bonds. The third kappa shape index (κ3) is 2.60. The minimum absolute atomic E-state index is 0.0325. The molecule has 0 atom stereocenters. The summed E-state index contributed by atoms with van der Waals surface area (Å²) in [6.45, 7) is 0. The molecule has 2 rings (SSSR count). The van der Waals surface area contributed by atoms with Gasteiger partial charge in [0.1, 0.15) is 11.6 Å². The molecule has 1 aromatic carbocycles. The van der Waals surface area contributed by atoms with Crippen LogP contribution in [0.25, 0.3) is 0 Å². The fourth-order valence-corrected chi connectivity index (χ4v) is 1.28. The maximum Gasteiger partial charge on any atom is 0.362 e. The van der Waals surface area contributed by atoms with E-state index in [1.807, 2.05) is 0 Å². The molecule has 0 fully saturated rings. The predicted molar refractivity (Wildman–Crippen MR) is 59.8 cm³/mol. The number of ether oxygens (including phenoxy) is 2. The van der Waals surface area contributed by atoms with Gasteiger partial charge in [-0.1, -0.05) is 6.07 Å². The van der Waals surface area contributed by atoms with Crippen LogP contribution >= 0.6 is 0 Å². The number of carbonyl (C=O) groups excluding carboxylic acids is 1. The number of rotatable bonds is 3. The Morgan fingerprint density at radius 2 is 2.06 bits per heavy atom. The predicted octanol–water partition coefficient (Wildman–Crippen LogP) is 2.19. The topological polar surface area (TPSA) is 61.3 Å². The van der Waals surface area contributed by atoms with E-state index in [0.29, 0.717) is 0 Å². The number of aromatic nitrogens is 2. The van der Waals surface area contributed by atoms with Crippen molar-refractivity contribution in [2.75, 3.05) is 7.11 Å². The molecule has 0 unspecified atom stereocenters. The molecule has 0 saturated carbocycles. The minimum atomic E-state index is -0.672. The smallest absolute Gasteiger partial charge is 0.362 e. The first-order chi connectivity index (χ1) is 8.70. The van der Waals surface area contributed by atoms with Gasteiger partial charge in [-0.15, -0.1) is 0 Å². The van der Waals surface area contributed by atoms with Crippen molar-refractivity contribution >= 4 is 5.97 Å². The van der Waals surface area contributed by atoms with Crippen LogP contribution in [0.15, 0.2) is 36.7 Å². The highest BCUT2D eigenvalue weighted by atomic mass is 19.1. The van der Waals surface area contributed by atoms with Gasteiger partial charge in [-0.25, -0.2) is 19.2 Å². The standard InChI is InChI=1S/C12H9FN2O3/c1-17-12(16)10-11(15-6-5-14-10)18-9-4-2-3-8(13)7-9/h2-7H,1H3. The molecule has 0 N–H and O–H groups in total. The lowest BCUT2D eigenvalue weighted by Crippen LogP contribution is -2.07. The molecule has 18 heavy (non-hydrogen) atoms. The van der Waals surface area contributed by atoms with Gasteiger partial charge in [0.25, 0.3) is 5.88 Å². The van der Waals surface area contributed by atoms with Crippen molar-refractivity contribution in [2.45, 2.75) is 0 Å². The summed E-state index contributed by atoms with van der Waals surface area (Å²) in [5.41, 5.74) is -0.0655. The number of benzene rings is 1. The van der Waals surface area contributed by atoms with Crippen LogP contribution < -0.4 is 4.74 Å². The Bertz CT molecular complexity index is 575. The number of halogens is 1. The fourth-order valence-electron chi connectivity index (χ4n) is 1.28. The molecule has 1 heterocycles. The van der Waals surface area contributed by atoms with Gasteiger partial charge in [-0.2, -0.15) is 0 Å². The van der Waals surface area contributed by atoms with Gasteiger partial charge in [0.2, 0.25) is 5.69 Å². The second-order valence-electron chi connectivity index (χ2n) is 3.26. The summed E-state index contributed by atoms with van der Waals surface area (Å²) >= 11 is 0. The molecule has 0 aliphatic rings. The van der Waals surface area contributed by atoms with Crippen LogP contribution in [0.1, 0.15) is 10.5 Å². The molecule has 0 saturated heterocycles. The summed E-state index contributed by atoms with van der Waals surface area (Å²) in [6, 6.07) is 5.48. The third-order valence-corrected chi connectivity index (χ3v) is 2.05. The average Bonchev–Trinajstić information content (AvgIpc) is 2.38. The van der Waals surface area contributed by atoms with E-state index in [2.05, 4.69) is 14.7 Å². The van der Waals surface area contributed by atoms with Crippen LogP contribution in [0.5, 0.6) is 11.6 Å². The molecule has 92 valence electrons. The summed E-state index contributed by atoms with van der Waals surface area (Å²) in [7, 11) is 1.23. The molecule has 0 radical (unpaired) electrons. The first-order valence-corrected chi connectivity index (χ1v) is 5.03. The minimum Gasteiger partial charge on any atom is -0.464 e. The van der Waals surface area contributed by atoms with E-state index in [1.54, 1.807) is 6.07 Å². The second kappa shape index (κ2) is 5.22. The van der Waals surface area contributed by atoms with Crippen molar-refractivity contribution in [1.82, 2.24) is 9.97 Å². The van der Waals surface area contributed by atoms with Gasteiger partial charge in [0.05, 0.1) is 7.11 Å². The van der Waals surface area contributed by atoms with E-state index in [4.69, 9.17) is 4.74 Å². The Kier molecular flexibility index (Phi) is 3.47. The van der Waals surface area contributed by atoms with Crippen molar-refractivity contribution in [3.05, 3.63) is 48.2 Å². The summed E-state index contributed by atoms with van der Waals surface area (Å²) in [5.74, 6) is -0.930. The maximum atomic E-state index is 13.0. The molecular weight excluding hydrogens is 239 g/mol. The van der Waals surface area contributed by atoms with Crippen LogP contribution in [0.2, 0.25) is 0 Å². The number of methoxy groups -OCH3 is 1. The van der Waals surface area contributed by atoms with E-state index in [0.717, 1.165) is 0 Å². The Balaban J connectivity index is 2.32. The summed E-state index contributed by atoms with van der Waals surface area (Å²) < 4.78 is 22.8. The normalized spacial score (nSPS) is 9.89. The highest BCUT2D eigenvalue weighted by molar-refractivity contribution is 5.89. The number of esters is 1. The van der Waals surface area contributed by atoms with Crippen LogP contribution in [0.3, 0.4) is 0 Å². The van der Waals surface area contributed by atoms with Crippen LogP contribution in [-0.4, -0.2) is 23.0 Å². The average molecular weight is 248 g/mol. The molecule has 6 heteroatoms. The van der Waals surface area contributed by atoms with Crippen LogP contribution in [-0.2, 0) is 4.74 Å². The highest BCUT2D eigenvalue weighted by Crippen LogP contribution is 2.22. The van der Waals surface area contributed by atoms with Crippen molar-refractivity contribution in [3.63, 3.8) is 0 Å². The SMILES string of the molecule is COC(=O)c1nccnc1Oc1cccc(F)c1. The number of hydrogen-bond acceptors (Lipinski definition) is 5. The number of carbonyl (C=O) groups is 1. The lowest BCUT2D eigenvalue weighted by atomic mass is 10.3. The first-order valence-electron chi connectivity index (χ1n) is 5.03. The van der Waals surface area contributed by atoms with Crippen molar-refractivity contribution in [1.29, 1.82) is 0 Å². The molecule has 0 bridgehead atoms. The Hall–Kier alpha value is -2.50. The zero-order chi connectivity index (χ0) is 13.0. The molecular formula is C12H9FN2O3. The van der Waals surface area contributed by atoms with Gasteiger partial charge in [-0.05, 0) is 12.1 Å². The fraction of sp³-hybridized carbons (Fsp3) is 0.0833. The number of nitrogens with zero attached hydrogens (tertiary/aromatic N) is 2. The van der Waals surface area contributed by atoms with E-state index in [1.165, 1.54) is 37.7 Å². The zero-order valence-corrected chi connectivity index (χ0v) is 9.46. The van der Waals surface area contributed by atoms with Crippen molar-refractivity contribution < 1.29 is 18.7 Å². The van der Waals surface area contributed by atoms with Crippen LogP contribution in [0, 0.1) is 5.82 Å². The highest BCUT2D eigenvalue weighted by Gasteiger charge is 2.16. The van der Waals surface area contributed by atoms with Gasteiger partial charge < -0.3 is 9.47 Å². The van der Waals surface area contributed by atoms with Gasteiger partial charge >= 0.3 is 5.97 Å². The molecule has 0 aliphatic carbocycles. The maximum absolute atomic E-state index is 13.0. The van der Waals surface area contributed by atoms with Gasteiger partial charge in [0, 0.05) is 18.5 Å². The Morgan fingerprint density at radius 3 is 2.78 bits per heavy atom. The Labute approximate surface area is 102 Å². The number of hydrogen-bond donors (Lipinski definition) is 0. The zero-order valence-electron chi connectivity index (χ0n) is 9.46. The monoisotopic (exact) mass is 248 g/mol.